The van der Waals surface area contributed by atoms with Crippen LogP contribution in [-0.2, 0) is 24.2 Å². The van der Waals surface area contributed by atoms with Gasteiger partial charge >= 0.3 is 0 Å². The average Bonchev–Trinajstić information content (AvgIpc) is 3.59. The molecule has 230 valence electrons. The zero-order chi connectivity index (χ0) is 31.0. The monoisotopic (exact) mass is 600 g/mol. The average molecular weight is 601 g/mol. The highest BCUT2D eigenvalue weighted by molar-refractivity contribution is 5.82. The molecule has 3 heterocycles. The lowest BCUT2D eigenvalue weighted by Crippen LogP contribution is -2.32. The Morgan fingerprint density at radius 1 is 0.956 bits per heavy atom. The zero-order valence-electron chi connectivity index (χ0n) is 26.0. The van der Waals surface area contributed by atoms with Gasteiger partial charge in [-0.2, -0.15) is 0 Å². The molecule has 0 radical (unpaired) electrons. The summed E-state index contributed by atoms with van der Waals surface area (Å²) in [7, 11) is 0. The molecule has 6 rings (SSSR count). The number of aromatic nitrogens is 4. The fourth-order valence-corrected chi connectivity index (χ4v) is 5.75. The van der Waals surface area contributed by atoms with E-state index >= 15 is 0 Å². The molecule has 8 heteroatoms. The van der Waals surface area contributed by atoms with Gasteiger partial charge < -0.3 is 9.94 Å². The van der Waals surface area contributed by atoms with Crippen LogP contribution in [-0.4, -0.2) is 55.4 Å². The van der Waals surface area contributed by atoms with Crippen LogP contribution in [0.3, 0.4) is 0 Å². The van der Waals surface area contributed by atoms with Crippen LogP contribution in [0.4, 0.5) is 0 Å². The van der Waals surface area contributed by atoms with Crippen molar-refractivity contribution >= 4 is 5.71 Å². The smallest absolute Gasteiger partial charge is 0.169 e. The summed E-state index contributed by atoms with van der Waals surface area (Å²) in [4.78, 5) is 13.5. The van der Waals surface area contributed by atoms with Gasteiger partial charge in [0.25, 0.3) is 0 Å². The Hall–Kier alpha value is -4.66. The first-order chi connectivity index (χ1) is 22.1. The summed E-state index contributed by atoms with van der Waals surface area (Å²) < 4.78 is 1.72. The molecule has 2 atom stereocenters. The second kappa shape index (κ2) is 14.4. The SMILES string of the molecule is CC(CCN1CCc2nc(-c3ccccc3)c(-c3ccccc3)cc2C1)=NO[C@@H](C)c1cn([C@H](CO)Cc2ccccc2)nn1. The highest BCUT2D eigenvalue weighted by Gasteiger charge is 2.22. The number of aliphatic hydroxyl groups excluding tert-OH is 1. The summed E-state index contributed by atoms with van der Waals surface area (Å²) in [6.45, 7) is 6.61. The third kappa shape index (κ3) is 7.53. The van der Waals surface area contributed by atoms with Crippen LogP contribution in [0.5, 0.6) is 0 Å². The first-order valence-electron chi connectivity index (χ1n) is 15.7. The Morgan fingerprint density at radius 2 is 1.64 bits per heavy atom. The van der Waals surface area contributed by atoms with Crippen LogP contribution >= 0.6 is 0 Å². The number of pyridine rings is 1. The minimum absolute atomic E-state index is 0.0248. The normalized spacial score (nSPS) is 15.0. The molecular formula is C37H40N6O2. The molecule has 0 bridgehead atoms. The molecule has 1 N–H and O–H groups in total. The van der Waals surface area contributed by atoms with Crippen molar-refractivity contribution in [2.24, 2.45) is 5.16 Å². The van der Waals surface area contributed by atoms with Gasteiger partial charge in [0.2, 0.25) is 0 Å². The number of hydrogen-bond donors (Lipinski definition) is 1. The van der Waals surface area contributed by atoms with Crippen LogP contribution in [0, 0.1) is 0 Å². The third-order valence-corrected chi connectivity index (χ3v) is 8.38. The molecule has 0 saturated carbocycles. The predicted molar refractivity (Wildman–Crippen MR) is 178 cm³/mol. The number of fused-ring (bicyclic) bond motifs is 1. The minimum Gasteiger partial charge on any atom is -0.394 e. The molecule has 2 aromatic heterocycles. The van der Waals surface area contributed by atoms with Crippen LogP contribution in [0.1, 0.15) is 54.9 Å². The van der Waals surface area contributed by atoms with Gasteiger partial charge in [-0.25, -0.2) is 4.68 Å². The number of hydrogen-bond acceptors (Lipinski definition) is 7. The number of aliphatic hydroxyl groups is 1. The molecule has 8 nitrogen and oxygen atoms in total. The number of nitrogens with zero attached hydrogens (tertiary/aromatic N) is 6. The van der Waals surface area contributed by atoms with Crippen LogP contribution in [0.15, 0.2) is 108 Å². The Kier molecular flexibility index (Phi) is 9.73. The summed E-state index contributed by atoms with van der Waals surface area (Å²) in [6.07, 6.45) is 3.88. The van der Waals surface area contributed by atoms with E-state index in [1.165, 1.54) is 22.4 Å². The Bertz CT molecular complexity index is 1710. The first-order valence-corrected chi connectivity index (χ1v) is 15.7. The second-order valence-corrected chi connectivity index (χ2v) is 11.7. The summed E-state index contributed by atoms with van der Waals surface area (Å²) in [5, 5.41) is 22.9. The van der Waals surface area contributed by atoms with Crippen molar-refractivity contribution in [2.75, 3.05) is 19.7 Å². The molecule has 3 aromatic carbocycles. The Labute approximate surface area is 265 Å². The Balaban J connectivity index is 1.06. The molecule has 1 aliphatic rings. The maximum absolute atomic E-state index is 9.96. The lowest BCUT2D eigenvalue weighted by atomic mass is 9.94. The Morgan fingerprint density at radius 3 is 2.36 bits per heavy atom. The van der Waals surface area contributed by atoms with Crippen molar-refractivity contribution in [2.45, 2.75) is 51.8 Å². The lowest BCUT2D eigenvalue weighted by Gasteiger charge is -2.29. The number of benzene rings is 3. The van der Waals surface area contributed by atoms with Gasteiger partial charge in [-0.1, -0.05) is 101 Å². The quantitative estimate of drug-likeness (QED) is 0.127. The van der Waals surface area contributed by atoms with Gasteiger partial charge in [0.1, 0.15) is 5.69 Å². The molecule has 0 saturated heterocycles. The van der Waals surface area contributed by atoms with E-state index in [2.05, 4.69) is 81.0 Å². The molecule has 5 aromatic rings. The third-order valence-electron chi connectivity index (χ3n) is 8.38. The van der Waals surface area contributed by atoms with Gasteiger partial charge in [0.15, 0.2) is 6.10 Å². The number of oxime groups is 1. The summed E-state index contributed by atoms with van der Waals surface area (Å²) in [5.74, 6) is 0. The van der Waals surface area contributed by atoms with E-state index < -0.39 is 0 Å². The first kappa shape index (κ1) is 30.4. The predicted octanol–water partition coefficient (Wildman–Crippen LogP) is 6.69. The van der Waals surface area contributed by atoms with Crippen molar-refractivity contribution in [1.29, 1.82) is 0 Å². The van der Waals surface area contributed by atoms with E-state index in [1.54, 1.807) is 4.68 Å². The van der Waals surface area contributed by atoms with Crippen molar-refractivity contribution in [3.05, 3.63) is 126 Å². The molecule has 0 spiro atoms. The van der Waals surface area contributed by atoms with Gasteiger partial charge in [-0.3, -0.25) is 9.88 Å². The molecule has 0 aliphatic carbocycles. The van der Waals surface area contributed by atoms with E-state index in [0.29, 0.717) is 12.1 Å². The van der Waals surface area contributed by atoms with E-state index in [0.717, 1.165) is 55.0 Å². The topological polar surface area (TPSA) is 88.7 Å². The van der Waals surface area contributed by atoms with Crippen molar-refractivity contribution in [1.82, 2.24) is 24.9 Å². The van der Waals surface area contributed by atoms with Crippen molar-refractivity contribution < 1.29 is 9.94 Å². The van der Waals surface area contributed by atoms with Gasteiger partial charge in [-0.15, -0.1) is 5.10 Å². The van der Waals surface area contributed by atoms with Crippen molar-refractivity contribution in [3.63, 3.8) is 0 Å². The molecule has 0 unspecified atom stereocenters. The fraction of sp³-hybridized carbons (Fsp3) is 0.297. The molecule has 45 heavy (non-hydrogen) atoms. The van der Waals surface area contributed by atoms with Crippen molar-refractivity contribution in [3.8, 4) is 22.4 Å². The summed E-state index contributed by atoms with van der Waals surface area (Å²) in [6, 6.07) is 33.2. The zero-order valence-corrected chi connectivity index (χ0v) is 26.0. The molecule has 1 aliphatic heterocycles. The van der Waals surface area contributed by atoms with Crippen LogP contribution in [0.2, 0.25) is 0 Å². The maximum atomic E-state index is 9.96. The van der Waals surface area contributed by atoms with Gasteiger partial charge in [0, 0.05) is 49.3 Å². The summed E-state index contributed by atoms with van der Waals surface area (Å²) >= 11 is 0. The highest BCUT2D eigenvalue weighted by Crippen LogP contribution is 2.34. The van der Waals surface area contributed by atoms with Gasteiger partial charge in [-0.05, 0) is 43.0 Å². The largest absolute Gasteiger partial charge is 0.394 e. The minimum atomic E-state index is -0.354. The highest BCUT2D eigenvalue weighted by atomic mass is 16.6. The van der Waals surface area contributed by atoms with Crippen LogP contribution in [0.25, 0.3) is 22.4 Å². The molecule has 0 fully saturated rings. The molecular weight excluding hydrogens is 560 g/mol. The maximum Gasteiger partial charge on any atom is 0.169 e. The van der Waals surface area contributed by atoms with E-state index in [9.17, 15) is 5.11 Å². The standard InChI is InChI=1S/C37H40N6O2/c1-27(40-45-28(2)36-25-43(41-39-36)33(26-44)22-29-12-6-3-7-13-29)18-20-42-21-19-35-32(24-42)23-34(30-14-8-4-9-15-30)37(38-35)31-16-10-5-11-17-31/h3-17,23,25,28,33,44H,18-22,24,26H2,1-2H3/t28-,33-/m0/s1. The fourth-order valence-electron chi connectivity index (χ4n) is 5.75. The second-order valence-electron chi connectivity index (χ2n) is 11.7. The van der Waals surface area contributed by atoms with E-state index in [-0.39, 0.29) is 18.8 Å². The van der Waals surface area contributed by atoms with Crippen LogP contribution < -0.4 is 0 Å². The summed E-state index contributed by atoms with van der Waals surface area (Å²) in [5.41, 5.74) is 9.77. The number of rotatable bonds is 12. The van der Waals surface area contributed by atoms with Gasteiger partial charge in [0.05, 0.1) is 30.3 Å². The molecule has 0 amide bonds. The van der Waals surface area contributed by atoms with E-state index in [1.807, 2.05) is 56.4 Å². The lowest BCUT2D eigenvalue weighted by molar-refractivity contribution is 0.0683. The van der Waals surface area contributed by atoms with E-state index in [4.69, 9.17) is 9.82 Å².